The number of carbonyl (C=O) groups excluding carboxylic acids is 1. The van der Waals surface area contributed by atoms with Crippen molar-refractivity contribution in [2.75, 3.05) is 6.54 Å². The zero-order chi connectivity index (χ0) is 11.0. The van der Waals surface area contributed by atoms with Crippen LogP contribution in [0.3, 0.4) is 0 Å². The molecule has 0 heterocycles. The van der Waals surface area contributed by atoms with Gasteiger partial charge in [0.15, 0.2) is 0 Å². The van der Waals surface area contributed by atoms with Gasteiger partial charge in [-0.25, -0.2) is 9.68 Å². The average molecular weight is 273 g/mol. The van der Waals surface area contributed by atoms with Gasteiger partial charge in [-0.2, -0.15) is 0 Å². The number of hydrogen-bond acceptors (Lipinski definition) is 7. The average Bonchev–Trinajstić information content (AvgIpc) is 2.14. The van der Waals surface area contributed by atoms with E-state index >= 15 is 0 Å². The Morgan fingerprint density at radius 2 is 2.07 bits per heavy atom. The zero-order valence-corrected chi connectivity index (χ0v) is 9.07. The first-order chi connectivity index (χ1) is 6.57. The molecule has 1 atom stereocenters. The first-order valence-corrected chi connectivity index (χ1v) is 5.92. The van der Waals surface area contributed by atoms with E-state index < -0.39 is 26.8 Å². The standard InChI is InChI=1S/C6H13BrN2O5/c8-4-2-1-3-5(9)6(10)13-14-7(11)12/h5H,1-4,8-9H2/t5-/m1/s1. The second-order valence-electron chi connectivity index (χ2n) is 2.55. The van der Waals surface area contributed by atoms with Gasteiger partial charge < -0.3 is 19.9 Å². The lowest BCUT2D eigenvalue weighted by Gasteiger charge is -2.05. The number of unbranched alkanes of at least 4 members (excludes halogenated alkanes) is 1. The fourth-order valence-corrected chi connectivity index (χ4v) is 0.983. The lowest BCUT2D eigenvalue weighted by Crippen LogP contribution is -2.38. The molecule has 0 aliphatic carbocycles. The molecule has 0 saturated carbocycles. The number of nitrogens with two attached hydrogens (primary N) is 2. The van der Waals surface area contributed by atoms with Gasteiger partial charge >= 0.3 is 20.8 Å². The third-order valence-electron chi connectivity index (χ3n) is 1.44. The molecular weight excluding hydrogens is 260 g/mol. The summed E-state index contributed by atoms with van der Waals surface area (Å²) in [5.41, 5.74) is 10.6. The van der Waals surface area contributed by atoms with Crippen molar-refractivity contribution in [2.45, 2.75) is 25.3 Å². The van der Waals surface area contributed by atoms with Crippen molar-refractivity contribution < 1.29 is 36.9 Å². The minimum Gasteiger partial charge on any atom is -0.369 e. The van der Waals surface area contributed by atoms with Crippen molar-refractivity contribution in [3.63, 3.8) is 0 Å². The van der Waals surface area contributed by atoms with Crippen molar-refractivity contribution >= 4 is 5.97 Å². The molecular formula is C6H13BrN2O5. The van der Waals surface area contributed by atoms with E-state index in [2.05, 4.69) is 8.87 Å². The fourth-order valence-electron chi connectivity index (χ4n) is 0.745. The Morgan fingerprint density at radius 1 is 1.43 bits per heavy atom. The van der Waals surface area contributed by atoms with E-state index in [0.29, 0.717) is 19.4 Å². The Labute approximate surface area is 86.7 Å². The minimum absolute atomic E-state index is 0.388. The summed E-state index contributed by atoms with van der Waals surface area (Å²) in [6, 6.07) is -0.872. The largest absolute Gasteiger partial charge is 0.497 e. The van der Waals surface area contributed by atoms with Crippen LogP contribution < -0.4 is 19.9 Å². The summed E-state index contributed by atoms with van der Waals surface area (Å²) in [4.78, 5) is 14.8. The molecule has 0 radical (unpaired) electrons. The van der Waals surface area contributed by atoms with Gasteiger partial charge in [0.1, 0.15) is 6.04 Å². The highest BCUT2D eigenvalue weighted by atomic mass is 80.0. The third kappa shape index (κ3) is 7.18. The molecule has 0 aromatic rings. The summed E-state index contributed by atoms with van der Waals surface area (Å²) < 4.78 is 23.5. The van der Waals surface area contributed by atoms with Crippen LogP contribution in [-0.2, 0) is 13.7 Å². The van der Waals surface area contributed by atoms with Crippen LogP contribution in [0.2, 0.25) is 0 Å². The van der Waals surface area contributed by atoms with E-state index in [1.165, 1.54) is 0 Å². The normalized spacial score (nSPS) is 12.9. The Morgan fingerprint density at radius 3 is 2.57 bits per heavy atom. The Kier molecular flexibility index (Phi) is 7.95. The first-order valence-electron chi connectivity index (χ1n) is 3.98. The topological polar surface area (TPSA) is 134 Å². The molecule has 0 aliphatic rings. The van der Waals surface area contributed by atoms with Crippen molar-refractivity contribution in [1.29, 1.82) is 0 Å². The number of hydrogen-bond donors (Lipinski definition) is 2. The van der Waals surface area contributed by atoms with Crippen LogP contribution in [0.25, 0.3) is 0 Å². The first kappa shape index (κ1) is 13.8. The number of halogens is 1. The summed E-state index contributed by atoms with van der Waals surface area (Å²) in [5, 5.41) is 0. The molecule has 4 N–H and O–H groups in total. The maximum absolute atomic E-state index is 10.9. The Hall–Kier alpha value is -0.250. The zero-order valence-electron chi connectivity index (χ0n) is 7.48. The van der Waals surface area contributed by atoms with Gasteiger partial charge in [0.2, 0.25) is 3.98 Å². The Balaban J connectivity index is 3.54. The van der Waals surface area contributed by atoms with Gasteiger partial charge in [0.05, 0.1) is 0 Å². The number of rotatable bonds is 7. The van der Waals surface area contributed by atoms with Gasteiger partial charge in [-0.05, 0) is 19.4 Å². The molecule has 0 bridgehead atoms. The lowest BCUT2D eigenvalue weighted by atomic mass is 10.1. The van der Waals surface area contributed by atoms with Crippen molar-refractivity contribution in [3.8, 4) is 0 Å². The third-order valence-corrected chi connectivity index (χ3v) is 1.79. The molecule has 0 saturated heterocycles. The highest BCUT2D eigenvalue weighted by Crippen LogP contribution is 2.00. The fraction of sp³-hybridized carbons (Fsp3) is 0.833. The van der Waals surface area contributed by atoms with Crippen molar-refractivity contribution in [2.24, 2.45) is 11.5 Å². The highest BCUT2D eigenvalue weighted by molar-refractivity contribution is 5.74. The lowest BCUT2D eigenvalue weighted by molar-refractivity contribution is -1.64. The van der Waals surface area contributed by atoms with Crippen molar-refractivity contribution in [3.05, 3.63) is 0 Å². The second kappa shape index (κ2) is 8.09. The van der Waals surface area contributed by atoms with Crippen LogP contribution in [-0.4, -0.2) is 18.6 Å². The summed E-state index contributed by atoms with van der Waals surface area (Å²) in [6.45, 7) is 0.520. The smallest absolute Gasteiger partial charge is 0.369 e. The molecule has 0 aromatic carbocycles. The number of carbonyl (C=O) groups is 1. The molecule has 0 aliphatic heterocycles. The van der Waals surface area contributed by atoms with E-state index in [1.54, 1.807) is 0 Å². The molecule has 0 fully saturated rings. The molecule has 84 valence electrons. The molecule has 7 nitrogen and oxygen atoms in total. The van der Waals surface area contributed by atoms with Gasteiger partial charge in [0.25, 0.3) is 0 Å². The molecule has 8 heteroatoms. The van der Waals surface area contributed by atoms with E-state index in [9.17, 15) is 13.2 Å². The predicted molar refractivity (Wildman–Crippen MR) is 38.1 cm³/mol. The van der Waals surface area contributed by atoms with Crippen LogP contribution in [0.5, 0.6) is 0 Å². The summed E-state index contributed by atoms with van der Waals surface area (Å²) in [6.07, 6.45) is 1.82. The Bertz CT molecular complexity index is 168. The van der Waals surface area contributed by atoms with Crippen LogP contribution in [0, 0.1) is 14.8 Å². The molecule has 0 spiro atoms. The summed E-state index contributed by atoms with van der Waals surface area (Å²) >= 11 is -3.53. The van der Waals surface area contributed by atoms with Crippen molar-refractivity contribution in [1.82, 2.24) is 0 Å². The van der Waals surface area contributed by atoms with E-state index in [4.69, 9.17) is 11.5 Å². The molecule has 0 unspecified atom stereocenters. The predicted octanol–water partition coefficient (Wildman–Crippen LogP) is -3.00. The maximum Gasteiger partial charge on any atom is 0.497 e. The van der Waals surface area contributed by atoms with Crippen LogP contribution in [0.1, 0.15) is 19.3 Å². The van der Waals surface area contributed by atoms with Crippen LogP contribution >= 0.6 is 0 Å². The van der Waals surface area contributed by atoms with Crippen LogP contribution in [0.4, 0.5) is 0 Å². The summed E-state index contributed by atoms with van der Waals surface area (Å²) in [5.74, 6) is -0.892. The molecule has 0 amide bonds. The highest BCUT2D eigenvalue weighted by Gasteiger charge is 2.22. The van der Waals surface area contributed by atoms with E-state index in [-0.39, 0.29) is 0 Å². The molecule has 14 heavy (non-hydrogen) atoms. The molecule has 0 rings (SSSR count). The van der Waals surface area contributed by atoms with E-state index in [0.717, 1.165) is 6.42 Å². The SMILES string of the molecule is NCCCC[C@@H](N)C(=O)OO[Br+2]([O-])[O-]. The summed E-state index contributed by atoms with van der Waals surface area (Å²) in [7, 11) is 0. The van der Waals surface area contributed by atoms with Gasteiger partial charge in [-0.1, -0.05) is 6.42 Å². The van der Waals surface area contributed by atoms with Crippen LogP contribution in [0.15, 0.2) is 0 Å². The van der Waals surface area contributed by atoms with Gasteiger partial charge in [-0.3, -0.25) is 0 Å². The van der Waals surface area contributed by atoms with Gasteiger partial charge in [0, 0.05) is 0 Å². The molecule has 0 aromatic heterocycles. The second-order valence-corrected chi connectivity index (χ2v) is 3.60. The quantitative estimate of drug-likeness (QED) is 0.287. The maximum atomic E-state index is 10.9. The van der Waals surface area contributed by atoms with Gasteiger partial charge in [-0.15, -0.1) is 0 Å². The monoisotopic (exact) mass is 272 g/mol. The minimum atomic E-state index is -3.53. The van der Waals surface area contributed by atoms with E-state index in [1.807, 2.05) is 0 Å².